The number of alkyl halides is 7. The van der Waals surface area contributed by atoms with E-state index in [1.54, 1.807) is 0 Å². The van der Waals surface area contributed by atoms with Crippen LogP contribution in [0.3, 0.4) is 0 Å². The molecule has 1 rings (SSSR count). The average Bonchev–Trinajstić information content (AvgIpc) is 2.16. The summed E-state index contributed by atoms with van der Waals surface area (Å²) in [6.45, 7) is 0.310. The van der Waals surface area contributed by atoms with Crippen LogP contribution in [0.25, 0.3) is 0 Å². The summed E-state index contributed by atoms with van der Waals surface area (Å²) in [7, 11) is 0. The Balaban J connectivity index is 2.72. The molecule has 17 heavy (non-hydrogen) atoms. The number of rotatable bonds is 3. The molecule has 1 aliphatic heterocycles. The van der Waals surface area contributed by atoms with Crippen molar-refractivity contribution in [3.63, 3.8) is 0 Å². The molecule has 1 N–H and O–H groups in total. The number of hydrogen-bond acceptors (Lipinski definition) is 2. The van der Waals surface area contributed by atoms with Crippen molar-refractivity contribution in [2.75, 3.05) is 13.1 Å². The van der Waals surface area contributed by atoms with Gasteiger partial charge in [-0.05, 0) is 19.4 Å². The Bertz CT molecular complexity index is 259. The average molecular weight is 269 g/mol. The van der Waals surface area contributed by atoms with Crippen molar-refractivity contribution in [2.45, 2.75) is 37.2 Å². The summed E-state index contributed by atoms with van der Waals surface area (Å²) in [5.74, 6) is -6.20. The highest BCUT2D eigenvalue weighted by atomic mass is 19.4. The van der Waals surface area contributed by atoms with Gasteiger partial charge in [-0.3, -0.25) is 0 Å². The zero-order chi connectivity index (χ0) is 13.3. The first-order valence-electron chi connectivity index (χ1n) is 4.79. The van der Waals surface area contributed by atoms with Crippen molar-refractivity contribution in [1.82, 2.24) is 5.32 Å². The van der Waals surface area contributed by atoms with Gasteiger partial charge in [-0.25, -0.2) is 0 Å². The van der Waals surface area contributed by atoms with E-state index < -0.39 is 24.3 Å². The lowest BCUT2D eigenvalue weighted by molar-refractivity contribution is -0.431. The quantitative estimate of drug-likeness (QED) is 0.795. The number of hydrogen-bond donors (Lipinski definition) is 1. The maximum Gasteiger partial charge on any atom is 0.462 e. The van der Waals surface area contributed by atoms with Crippen molar-refractivity contribution < 1.29 is 35.5 Å². The minimum Gasteiger partial charge on any atom is -0.314 e. The summed E-state index contributed by atoms with van der Waals surface area (Å²) in [6, 6.07) is 0. The third kappa shape index (κ3) is 3.01. The lowest BCUT2D eigenvalue weighted by Crippen LogP contribution is -2.55. The van der Waals surface area contributed by atoms with Gasteiger partial charge < -0.3 is 10.1 Å². The first kappa shape index (κ1) is 14.5. The second kappa shape index (κ2) is 4.60. The normalized spacial score (nSPS) is 23.8. The Kier molecular flexibility index (Phi) is 3.92. The molecule has 1 fully saturated rings. The molecule has 0 aromatic rings. The van der Waals surface area contributed by atoms with E-state index >= 15 is 0 Å². The third-order valence-corrected chi connectivity index (χ3v) is 2.29. The van der Waals surface area contributed by atoms with Gasteiger partial charge in [-0.15, -0.1) is 0 Å². The first-order valence-corrected chi connectivity index (χ1v) is 4.79. The molecule has 0 bridgehead atoms. The van der Waals surface area contributed by atoms with Gasteiger partial charge in [0.2, 0.25) is 0 Å². The molecule has 1 heterocycles. The molecule has 102 valence electrons. The zero-order valence-corrected chi connectivity index (χ0v) is 8.46. The zero-order valence-electron chi connectivity index (χ0n) is 8.46. The van der Waals surface area contributed by atoms with E-state index in [2.05, 4.69) is 10.1 Å². The third-order valence-electron chi connectivity index (χ3n) is 2.29. The van der Waals surface area contributed by atoms with Gasteiger partial charge in [-0.1, -0.05) is 0 Å². The van der Waals surface area contributed by atoms with Crippen LogP contribution in [0.5, 0.6) is 0 Å². The molecule has 0 saturated carbocycles. The van der Waals surface area contributed by atoms with E-state index in [4.69, 9.17) is 0 Å². The SMILES string of the molecule is FC(F)(F)C(F)(F)C(F)(F)OC1CCCNC1. The Morgan fingerprint density at radius 1 is 1.00 bits per heavy atom. The number of ether oxygens (including phenoxy) is 1. The molecule has 0 spiro atoms. The summed E-state index contributed by atoms with van der Waals surface area (Å²) >= 11 is 0. The van der Waals surface area contributed by atoms with Crippen LogP contribution >= 0.6 is 0 Å². The van der Waals surface area contributed by atoms with E-state index in [1.165, 1.54) is 0 Å². The molecule has 2 nitrogen and oxygen atoms in total. The largest absolute Gasteiger partial charge is 0.462 e. The fraction of sp³-hybridized carbons (Fsp3) is 1.00. The van der Waals surface area contributed by atoms with Gasteiger partial charge in [0.05, 0.1) is 6.10 Å². The van der Waals surface area contributed by atoms with Crippen LogP contribution in [0.15, 0.2) is 0 Å². The van der Waals surface area contributed by atoms with Crippen molar-refractivity contribution in [3.05, 3.63) is 0 Å². The van der Waals surface area contributed by atoms with Crippen molar-refractivity contribution in [2.24, 2.45) is 0 Å². The van der Waals surface area contributed by atoms with Crippen molar-refractivity contribution in [1.29, 1.82) is 0 Å². The molecule has 0 amide bonds. The predicted octanol–water partition coefficient (Wildman–Crippen LogP) is 2.55. The predicted molar refractivity (Wildman–Crippen MR) is 42.9 cm³/mol. The monoisotopic (exact) mass is 269 g/mol. The van der Waals surface area contributed by atoms with Gasteiger partial charge in [0.25, 0.3) is 0 Å². The molecule has 0 radical (unpaired) electrons. The minimum absolute atomic E-state index is 0.0104. The Labute approximate surface area is 92.1 Å². The summed E-state index contributed by atoms with van der Waals surface area (Å²) in [6.07, 6.45) is -12.9. The molecule has 1 atom stereocenters. The summed E-state index contributed by atoms with van der Waals surface area (Å²) in [5, 5.41) is 2.56. The lowest BCUT2D eigenvalue weighted by atomic mass is 10.1. The molecule has 0 aliphatic carbocycles. The Morgan fingerprint density at radius 2 is 1.59 bits per heavy atom. The second-order valence-electron chi connectivity index (χ2n) is 3.68. The first-order chi connectivity index (χ1) is 7.58. The van der Waals surface area contributed by atoms with Crippen molar-refractivity contribution in [3.8, 4) is 0 Å². The highest BCUT2D eigenvalue weighted by Gasteiger charge is 2.74. The van der Waals surface area contributed by atoms with Crippen LogP contribution in [0, 0.1) is 0 Å². The molecule has 1 saturated heterocycles. The molecule has 0 aromatic carbocycles. The fourth-order valence-electron chi connectivity index (χ4n) is 1.37. The molecule has 1 unspecified atom stereocenters. The van der Waals surface area contributed by atoms with Crippen LogP contribution in [-0.2, 0) is 4.74 Å². The summed E-state index contributed by atoms with van der Waals surface area (Å²) in [5.41, 5.74) is 0. The van der Waals surface area contributed by atoms with E-state index in [0.29, 0.717) is 13.0 Å². The molecule has 1 aliphatic rings. The van der Waals surface area contributed by atoms with E-state index in [1.807, 2.05) is 0 Å². The van der Waals surface area contributed by atoms with Gasteiger partial charge in [-0.2, -0.15) is 30.7 Å². The van der Waals surface area contributed by atoms with Crippen LogP contribution < -0.4 is 5.32 Å². The van der Waals surface area contributed by atoms with E-state index in [0.717, 1.165) is 0 Å². The van der Waals surface area contributed by atoms with Crippen LogP contribution in [0.1, 0.15) is 12.8 Å². The highest BCUT2D eigenvalue weighted by molar-refractivity contribution is 4.86. The number of piperidine rings is 1. The maximum absolute atomic E-state index is 12.8. The molecular weight excluding hydrogens is 259 g/mol. The number of halogens is 7. The standard InChI is InChI=1S/C8H10F7NO/c9-6(10,7(11,12)13)8(14,15)17-5-2-1-3-16-4-5/h5,16H,1-4H2. The summed E-state index contributed by atoms with van der Waals surface area (Å²) < 4.78 is 89.3. The van der Waals surface area contributed by atoms with Gasteiger partial charge in [0.1, 0.15) is 0 Å². The number of nitrogens with one attached hydrogen (secondary N) is 1. The highest BCUT2D eigenvalue weighted by Crippen LogP contribution is 2.47. The van der Waals surface area contributed by atoms with Crippen molar-refractivity contribution >= 4 is 0 Å². The van der Waals surface area contributed by atoms with Gasteiger partial charge in [0.15, 0.2) is 0 Å². The van der Waals surface area contributed by atoms with E-state index in [-0.39, 0.29) is 13.0 Å². The van der Waals surface area contributed by atoms with Gasteiger partial charge >= 0.3 is 18.2 Å². The molecular formula is C8H10F7NO. The van der Waals surface area contributed by atoms with Crippen LogP contribution in [0.2, 0.25) is 0 Å². The Hall–Kier alpha value is -0.570. The van der Waals surface area contributed by atoms with Crippen LogP contribution in [0.4, 0.5) is 30.7 Å². The second-order valence-corrected chi connectivity index (χ2v) is 3.68. The fourth-order valence-corrected chi connectivity index (χ4v) is 1.37. The summed E-state index contributed by atoms with van der Waals surface area (Å²) in [4.78, 5) is 0. The molecule has 9 heteroatoms. The van der Waals surface area contributed by atoms with Gasteiger partial charge in [0, 0.05) is 6.54 Å². The minimum atomic E-state index is -6.35. The molecule has 0 aromatic heterocycles. The lowest BCUT2D eigenvalue weighted by Gasteiger charge is -2.32. The van der Waals surface area contributed by atoms with E-state index in [9.17, 15) is 30.7 Å². The Morgan fingerprint density at radius 3 is 2.00 bits per heavy atom. The smallest absolute Gasteiger partial charge is 0.314 e. The van der Waals surface area contributed by atoms with Crippen LogP contribution in [-0.4, -0.2) is 37.4 Å². The topological polar surface area (TPSA) is 21.3 Å². The maximum atomic E-state index is 12.8.